The van der Waals surface area contributed by atoms with E-state index in [0.29, 0.717) is 19.9 Å². The first-order valence-corrected chi connectivity index (χ1v) is 11.4. The number of nitrogens with zero attached hydrogens (tertiary/aromatic N) is 8. The zero-order valence-corrected chi connectivity index (χ0v) is 19.1. The number of morpholine rings is 1. The number of anilines is 2. The van der Waals surface area contributed by atoms with Crippen LogP contribution in [-0.4, -0.2) is 81.7 Å². The lowest BCUT2D eigenvalue weighted by Gasteiger charge is -2.34. The van der Waals surface area contributed by atoms with Crippen molar-refractivity contribution in [2.45, 2.75) is 13.6 Å². The third-order valence-corrected chi connectivity index (χ3v) is 6.41. The van der Waals surface area contributed by atoms with Crippen molar-refractivity contribution in [3.63, 3.8) is 0 Å². The normalized spacial score (nSPS) is 17.7. The van der Waals surface area contributed by atoms with Crippen LogP contribution in [0.4, 0.5) is 11.9 Å². The highest BCUT2D eigenvalue weighted by molar-refractivity contribution is 7.71. The summed E-state index contributed by atoms with van der Waals surface area (Å²) in [6.07, 6.45) is 3.58. The Morgan fingerprint density at radius 2 is 1.62 bits per heavy atom. The average Bonchev–Trinajstić information content (AvgIpc) is 3.17. The molecular weight excluding hydrogens is 424 g/mol. The van der Waals surface area contributed by atoms with Gasteiger partial charge in [0.05, 0.1) is 25.6 Å². The quantitative estimate of drug-likeness (QED) is 0.546. The maximum atomic E-state index is 5.94. The molecule has 0 N–H and O–H groups in total. The van der Waals surface area contributed by atoms with Crippen LogP contribution in [0.1, 0.15) is 5.56 Å². The first kappa shape index (κ1) is 21.0. The molecule has 32 heavy (non-hydrogen) atoms. The zero-order valence-electron chi connectivity index (χ0n) is 18.3. The summed E-state index contributed by atoms with van der Waals surface area (Å²) in [6, 6.07) is 10.2. The minimum Gasteiger partial charge on any atom is -0.378 e. The molecule has 10 heteroatoms. The smallest absolute Gasteiger partial charge is 0.230 e. The van der Waals surface area contributed by atoms with E-state index in [2.05, 4.69) is 60.4 Å². The molecule has 2 aliphatic rings. The maximum Gasteiger partial charge on any atom is 0.230 e. The van der Waals surface area contributed by atoms with Gasteiger partial charge in [0, 0.05) is 51.7 Å². The van der Waals surface area contributed by atoms with E-state index in [0.717, 1.165) is 61.6 Å². The number of para-hydroxylation sites is 1. The first-order valence-electron chi connectivity index (χ1n) is 11.0. The number of hydrogen-bond donors (Lipinski definition) is 0. The summed E-state index contributed by atoms with van der Waals surface area (Å²) in [5, 5.41) is 4.99. The van der Waals surface area contributed by atoms with Gasteiger partial charge in [0.1, 0.15) is 0 Å². The second kappa shape index (κ2) is 9.35. The monoisotopic (exact) mass is 452 g/mol. The largest absolute Gasteiger partial charge is 0.378 e. The summed E-state index contributed by atoms with van der Waals surface area (Å²) in [5.74, 6) is 1.69. The fraction of sp³-hybridized carbons (Fsp3) is 0.455. The van der Waals surface area contributed by atoms with Gasteiger partial charge in [0.25, 0.3) is 0 Å². The van der Waals surface area contributed by atoms with Crippen LogP contribution < -0.4 is 9.80 Å². The van der Waals surface area contributed by atoms with E-state index in [1.807, 2.05) is 10.7 Å². The Morgan fingerprint density at radius 1 is 0.906 bits per heavy atom. The van der Waals surface area contributed by atoms with Crippen LogP contribution in [0.15, 0.2) is 42.7 Å². The summed E-state index contributed by atoms with van der Waals surface area (Å²) >= 11 is 5.94. The van der Waals surface area contributed by atoms with Gasteiger partial charge < -0.3 is 14.5 Å². The van der Waals surface area contributed by atoms with Crippen molar-refractivity contribution in [1.82, 2.24) is 29.2 Å². The summed E-state index contributed by atoms with van der Waals surface area (Å²) in [7, 11) is 0. The number of ether oxygens (including phenoxy) is 1. The van der Waals surface area contributed by atoms with E-state index in [9.17, 15) is 0 Å². The number of aryl methyl sites for hydroxylation is 1. The predicted octanol–water partition coefficient (Wildman–Crippen LogP) is 2.12. The van der Waals surface area contributed by atoms with E-state index < -0.39 is 0 Å². The third kappa shape index (κ3) is 4.25. The number of rotatable bonds is 5. The van der Waals surface area contributed by atoms with Crippen molar-refractivity contribution in [3.05, 3.63) is 53.1 Å². The van der Waals surface area contributed by atoms with Gasteiger partial charge in [0.2, 0.25) is 16.7 Å². The zero-order chi connectivity index (χ0) is 21.9. The molecule has 0 bridgehead atoms. The van der Waals surface area contributed by atoms with Crippen molar-refractivity contribution < 1.29 is 4.74 Å². The summed E-state index contributed by atoms with van der Waals surface area (Å²) in [4.78, 5) is 15.6. The SMILES string of the molecule is Cc1ccccc1-n1c(N2CCOCC2)nn(CN2CCN(c3ncccn3)CC2)c1=S. The van der Waals surface area contributed by atoms with Crippen LogP contribution in [0.25, 0.3) is 5.69 Å². The second-order valence-corrected chi connectivity index (χ2v) is 8.46. The number of piperazine rings is 1. The highest BCUT2D eigenvalue weighted by Gasteiger charge is 2.24. The van der Waals surface area contributed by atoms with Crippen LogP contribution in [0.5, 0.6) is 0 Å². The van der Waals surface area contributed by atoms with E-state index in [-0.39, 0.29) is 0 Å². The van der Waals surface area contributed by atoms with Gasteiger partial charge >= 0.3 is 0 Å². The molecule has 9 nitrogen and oxygen atoms in total. The van der Waals surface area contributed by atoms with Crippen molar-refractivity contribution in [1.29, 1.82) is 0 Å². The van der Waals surface area contributed by atoms with Crippen LogP contribution >= 0.6 is 12.2 Å². The highest BCUT2D eigenvalue weighted by atomic mass is 32.1. The fourth-order valence-corrected chi connectivity index (χ4v) is 4.49. The Kier molecular flexibility index (Phi) is 6.15. The molecule has 2 aromatic heterocycles. The Bertz CT molecular complexity index is 1100. The molecule has 5 rings (SSSR count). The number of aromatic nitrogens is 5. The van der Waals surface area contributed by atoms with Gasteiger partial charge in [0.15, 0.2) is 0 Å². The molecule has 2 fully saturated rings. The lowest BCUT2D eigenvalue weighted by Crippen LogP contribution is -2.47. The van der Waals surface area contributed by atoms with Crippen molar-refractivity contribution in [2.75, 3.05) is 62.3 Å². The van der Waals surface area contributed by atoms with E-state index in [1.54, 1.807) is 12.4 Å². The van der Waals surface area contributed by atoms with Crippen LogP contribution in [0, 0.1) is 11.7 Å². The molecule has 4 heterocycles. The van der Waals surface area contributed by atoms with Gasteiger partial charge in [-0.2, -0.15) is 0 Å². The Labute approximate surface area is 192 Å². The second-order valence-electron chi connectivity index (χ2n) is 8.10. The third-order valence-electron chi connectivity index (χ3n) is 6.01. The molecule has 0 atom stereocenters. The molecule has 0 saturated carbocycles. The van der Waals surface area contributed by atoms with E-state index >= 15 is 0 Å². The first-order chi connectivity index (χ1) is 15.7. The number of hydrogen-bond acceptors (Lipinski definition) is 8. The Balaban J connectivity index is 1.39. The summed E-state index contributed by atoms with van der Waals surface area (Å²) in [5.41, 5.74) is 2.26. The molecule has 2 saturated heterocycles. The standard InChI is InChI=1S/C22H28N8OS/c1-18-5-2-3-6-19(18)30-21(28-13-15-31-16-14-28)25-29(22(30)32)17-26-9-11-27(12-10-26)20-23-7-4-8-24-20/h2-8H,9-17H2,1H3. The number of benzene rings is 1. The van der Waals surface area contributed by atoms with Gasteiger partial charge in [-0.1, -0.05) is 18.2 Å². The molecule has 0 spiro atoms. The summed E-state index contributed by atoms with van der Waals surface area (Å²) in [6.45, 7) is 9.39. The molecule has 168 valence electrons. The molecule has 0 unspecified atom stereocenters. The minimum absolute atomic E-state index is 0.665. The molecule has 0 radical (unpaired) electrons. The topological polar surface area (TPSA) is 67.5 Å². The molecule has 1 aromatic carbocycles. The van der Waals surface area contributed by atoms with Crippen LogP contribution in [0.3, 0.4) is 0 Å². The predicted molar refractivity (Wildman–Crippen MR) is 126 cm³/mol. The van der Waals surface area contributed by atoms with Gasteiger partial charge in [-0.05, 0) is 36.8 Å². The van der Waals surface area contributed by atoms with Crippen LogP contribution in [0.2, 0.25) is 0 Å². The van der Waals surface area contributed by atoms with Gasteiger partial charge in [-0.25, -0.2) is 14.6 Å². The lowest BCUT2D eigenvalue weighted by atomic mass is 10.2. The molecule has 0 aliphatic carbocycles. The van der Waals surface area contributed by atoms with Crippen molar-refractivity contribution in [2.24, 2.45) is 0 Å². The minimum atomic E-state index is 0.665. The van der Waals surface area contributed by atoms with Crippen LogP contribution in [-0.2, 0) is 11.4 Å². The Hall–Kier alpha value is -2.82. The van der Waals surface area contributed by atoms with E-state index in [4.69, 9.17) is 22.1 Å². The van der Waals surface area contributed by atoms with Gasteiger partial charge in [-0.15, -0.1) is 5.10 Å². The molecule has 0 amide bonds. The van der Waals surface area contributed by atoms with Crippen molar-refractivity contribution >= 4 is 24.1 Å². The molecule has 3 aromatic rings. The molecule has 2 aliphatic heterocycles. The van der Waals surface area contributed by atoms with E-state index in [1.165, 1.54) is 5.56 Å². The Morgan fingerprint density at radius 3 is 2.34 bits per heavy atom. The average molecular weight is 453 g/mol. The fourth-order valence-electron chi connectivity index (χ4n) is 4.21. The highest BCUT2D eigenvalue weighted by Crippen LogP contribution is 2.24. The van der Waals surface area contributed by atoms with Gasteiger partial charge in [-0.3, -0.25) is 9.47 Å². The summed E-state index contributed by atoms with van der Waals surface area (Å²) < 4.78 is 10.4. The van der Waals surface area contributed by atoms with Crippen molar-refractivity contribution in [3.8, 4) is 5.69 Å². The lowest BCUT2D eigenvalue weighted by molar-refractivity contribution is 0.121. The molecular formula is C22H28N8OS. The maximum absolute atomic E-state index is 5.94.